The first-order valence-corrected chi connectivity index (χ1v) is 10.6. The molecule has 1 fully saturated rings. The third-order valence-corrected chi connectivity index (χ3v) is 6.19. The molecule has 1 aliphatic rings. The molecule has 2 aromatic carbocycles. The molecular weight excluding hydrogens is 392 g/mol. The van der Waals surface area contributed by atoms with Gasteiger partial charge in [-0.2, -0.15) is 5.10 Å². The molecule has 0 bridgehead atoms. The van der Waals surface area contributed by atoms with Crippen LogP contribution >= 0.6 is 0 Å². The minimum atomic E-state index is 0.280. The number of aliphatic hydroxyl groups is 1. The summed E-state index contributed by atoms with van der Waals surface area (Å²) in [6.45, 7) is 4.31. The van der Waals surface area contributed by atoms with Crippen LogP contribution in [0.5, 0.6) is 5.75 Å². The van der Waals surface area contributed by atoms with E-state index < -0.39 is 0 Å². The molecule has 0 unspecified atom stereocenters. The minimum absolute atomic E-state index is 0.280. The van der Waals surface area contributed by atoms with Crippen LogP contribution in [0.2, 0.25) is 0 Å². The summed E-state index contributed by atoms with van der Waals surface area (Å²) in [6, 6.07) is 8.12. The van der Waals surface area contributed by atoms with Crippen LogP contribution < -0.4 is 15.0 Å². The van der Waals surface area contributed by atoms with Crippen LogP contribution in [0.25, 0.3) is 21.8 Å². The van der Waals surface area contributed by atoms with Gasteiger partial charge in [-0.15, -0.1) is 0 Å². The van der Waals surface area contributed by atoms with E-state index in [4.69, 9.17) is 9.72 Å². The predicted molar refractivity (Wildman–Crippen MR) is 122 cm³/mol. The summed E-state index contributed by atoms with van der Waals surface area (Å²) < 4.78 is 5.49. The van der Waals surface area contributed by atoms with E-state index in [1.54, 1.807) is 13.3 Å². The van der Waals surface area contributed by atoms with Gasteiger partial charge in [-0.25, -0.2) is 9.97 Å². The molecule has 5 rings (SSSR count). The van der Waals surface area contributed by atoms with Crippen LogP contribution in [-0.2, 0) is 0 Å². The van der Waals surface area contributed by atoms with Crippen LogP contribution in [0.3, 0.4) is 0 Å². The lowest BCUT2D eigenvalue weighted by Gasteiger charge is -2.34. The molecule has 8 heteroatoms. The topological polar surface area (TPSA) is 99.2 Å². The Labute approximate surface area is 180 Å². The quantitative estimate of drug-likeness (QED) is 0.454. The highest BCUT2D eigenvalue weighted by Gasteiger charge is 2.21. The number of hydrogen-bond acceptors (Lipinski definition) is 7. The fourth-order valence-electron chi connectivity index (χ4n) is 4.38. The van der Waals surface area contributed by atoms with E-state index in [1.165, 1.54) is 5.69 Å². The molecule has 0 atom stereocenters. The maximum atomic E-state index is 9.42. The Morgan fingerprint density at radius 1 is 1.23 bits per heavy atom. The Hall–Kier alpha value is -3.39. The second-order valence-corrected chi connectivity index (χ2v) is 8.09. The summed E-state index contributed by atoms with van der Waals surface area (Å²) >= 11 is 0. The number of aromatic nitrogens is 4. The van der Waals surface area contributed by atoms with Crippen LogP contribution in [-0.4, -0.2) is 52.1 Å². The number of ether oxygens (including phenoxy) is 1. The molecule has 0 aliphatic carbocycles. The first-order valence-electron chi connectivity index (χ1n) is 10.6. The molecule has 4 aromatic rings. The summed E-state index contributed by atoms with van der Waals surface area (Å²) in [5.74, 6) is 1.69. The van der Waals surface area contributed by atoms with Gasteiger partial charge in [0.2, 0.25) is 5.95 Å². The molecule has 0 amide bonds. The molecule has 160 valence electrons. The van der Waals surface area contributed by atoms with E-state index in [0.29, 0.717) is 11.9 Å². The lowest BCUT2D eigenvalue weighted by atomic mass is 9.96. The number of nitrogens with one attached hydrogen (secondary N) is 2. The monoisotopic (exact) mass is 418 g/mol. The van der Waals surface area contributed by atoms with E-state index >= 15 is 0 Å². The van der Waals surface area contributed by atoms with Crippen molar-refractivity contribution in [2.75, 3.05) is 37.0 Å². The number of methoxy groups -OCH3 is 1. The highest BCUT2D eigenvalue weighted by Crippen LogP contribution is 2.32. The molecule has 1 aliphatic heterocycles. The first kappa shape index (κ1) is 19.6. The number of aryl methyl sites for hydroxylation is 1. The van der Waals surface area contributed by atoms with Crippen LogP contribution in [0, 0.1) is 12.8 Å². The van der Waals surface area contributed by atoms with E-state index in [2.05, 4.69) is 44.5 Å². The Bertz CT molecular complexity index is 1230. The molecule has 31 heavy (non-hydrogen) atoms. The van der Waals surface area contributed by atoms with Crippen molar-refractivity contribution in [2.24, 2.45) is 5.92 Å². The zero-order valence-corrected chi connectivity index (χ0v) is 17.7. The zero-order chi connectivity index (χ0) is 21.4. The molecule has 0 radical (unpaired) electrons. The number of aromatic amines is 1. The van der Waals surface area contributed by atoms with Crippen molar-refractivity contribution in [1.29, 1.82) is 0 Å². The van der Waals surface area contributed by atoms with Gasteiger partial charge in [0, 0.05) is 48.7 Å². The fraction of sp³-hybridized carbons (Fsp3) is 0.348. The van der Waals surface area contributed by atoms with Crippen molar-refractivity contribution >= 4 is 39.1 Å². The number of fused-ring (bicyclic) bond motifs is 2. The number of benzene rings is 2. The molecule has 8 nitrogen and oxygen atoms in total. The van der Waals surface area contributed by atoms with Crippen molar-refractivity contribution < 1.29 is 9.84 Å². The maximum Gasteiger partial charge on any atom is 0.227 e. The Kier molecular flexibility index (Phi) is 5.07. The normalized spacial score (nSPS) is 15.0. The third kappa shape index (κ3) is 3.63. The number of nitrogens with zero attached hydrogens (tertiary/aromatic N) is 4. The van der Waals surface area contributed by atoms with Gasteiger partial charge in [-0.1, -0.05) is 0 Å². The van der Waals surface area contributed by atoms with Gasteiger partial charge in [-0.05, 0) is 49.4 Å². The van der Waals surface area contributed by atoms with Crippen molar-refractivity contribution in [2.45, 2.75) is 19.8 Å². The second kappa shape index (κ2) is 8.03. The Morgan fingerprint density at radius 2 is 2.06 bits per heavy atom. The van der Waals surface area contributed by atoms with Crippen molar-refractivity contribution in [3.05, 3.63) is 42.2 Å². The highest BCUT2D eigenvalue weighted by atomic mass is 16.5. The highest BCUT2D eigenvalue weighted by molar-refractivity contribution is 5.90. The summed E-state index contributed by atoms with van der Waals surface area (Å²) in [7, 11) is 1.65. The summed E-state index contributed by atoms with van der Waals surface area (Å²) in [6.07, 6.45) is 5.63. The van der Waals surface area contributed by atoms with Gasteiger partial charge < -0.3 is 20.1 Å². The van der Waals surface area contributed by atoms with Crippen molar-refractivity contribution in [3.63, 3.8) is 0 Å². The lowest BCUT2D eigenvalue weighted by molar-refractivity contribution is 0.203. The average molecular weight is 419 g/mol. The largest absolute Gasteiger partial charge is 0.496 e. The average Bonchev–Trinajstić information content (AvgIpc) is 3.28. The van der Waals surface area contributed by atoms with E-state index in [0.717, 1.165) is 64.7 Å². The fourth-order valence-corrected chi connectivity index (χ4v) is 4.38. The lowest BCUT2D eigenvalue weighted by Crippen LogP contribution is -2.35. The van der Waals surface area contributed by atoms with E-state index in [9.17, 15) is 5.11 Å². The first-order chi connectivity index (χ1) is 15.2. The molecule has 1 saturated heterocycles. The molecule has 0 saturated carbocycles. The minimum Gasteiger partial charge on any atom is -0.496 e. The molecule has 2 aromatic heterocycles. The van der Waals surface area contributed by atoms with Crippen LogP contribution in [0.4, 0.5) is 17.3 Å². The number of H-pyrrole nitrogens is 1. The van der Waals surface area contributed by atoms with Crippen LogP contribution in [0.15, 0.2) is 36.7 Å². The van der Waals surface area contributed by atoms with E-state index in [-0.39, 0.29) is 6.61 Å². The Balaban J connectivity index is 1.46. The predicted octanol–water partition coefficient (Wildman–Crippen LogP) is 3.78. The van der Waals surface area contributed by atoms with Gasteiger partial charge in [0.15, 0.2) is 0 Å². The SMILES string of the molecule is COc1cc(Nc2ncc3ccc(N4CCC(CO)CC4)c(C)c3n2)cc2[nH]ncc12. The van der Waals surface area contributed by atoms with Gasteiger partial charge >= 0.3 is 0 Å². The molecule has 3 N–H and O–H groups in total. The summed E-state index contributed by atoms with van der Waals surface area (Å²) in [5.41, 5.74) is 5.00. The standard InChI is InChI=1S/C23H26N6O2/c1-14-20(29-7-5-15(13-30)6-8-29)4-3-16-11-24-23(27-22(14)16)26-17-9-19-18(12-25-28-19)21(10-17)31-2/h3-4,9-12,15,30H,5-8,13H2,1-2H3,(H,25,28)(H,24,26,27). The van der Waals surface area contributed by atoms with Gasteiger partial charge in [-0.3, -0.25) is 5.10 Å². The number of anilines is 3. The summed E-state index contributed by atoms with van der Waals surface area (Å²) in [4.78, 5) is 11.7. The number of piperidine rings is 1. The Morgan fingerprint density at radius 3 is 2.84 bits per heavy atom. The maximum absolute atomic E-state index is 9.42. The van der Waals surface area contributed by atoms with Gasteiger partial charge in [0.05, 0.1) is 29.7 Å². The van der Waals surface area contributed by atoms with Gasteiger partial charge in [0.25, 0.3) is 0 Å². The molecule has 0 spiro atoms. The zero-order valence-electron chi connectivity index (χ0n) is 17.7. The smallest absolute Gasteiger partial charge is 0.227 e. The number of rotatable bonds is 5. The van der Waals surface area contributed by atoms with Crippen LogP contribution in [0.1, 0.15) is 18.4 Å². The molecule has 3 heterocycles. The third-order valence-electron chi connectivity index (χ3n) is 6.19. The van der Waals surface area contributed by atoms with Gasteiger partial charge in [0.1, 0.15) is 5.75 Å². The molecular formula is C23H26N6O2. The summed E-state index contributed by atoms with van der Waals surface area (Å²) in [5, 5.41) is 21.7. The number of aliphatic hydroxyl groups excluding tert-OH is 1. The second-order valence-electron chi connectivity index (χ2n) is 8.09. The van der Waals surface area contributed by atoms with Crippen molar-refractivity contribution in [1.82, 2.24) is 20.2 Å². The van der Waals surface area contributed by atoms with E-state index in [1.807, 2.05) is 18.3 Å². The number of hydrogen-bond donors (Lipinski definition) is 3. The van der Waals surface area contributed by atoms with Crippen molar-refractivity contribution in [3.8, 4) is 5.75 Å².